The molecule has 1 fully saturated rings. The Morgan fingerprint density at radius 2 is 1.87 bits per heavy atom. The third kappa shape index (κ3) is 5.15. The molecule has 0 radical (unpaired) electrons. The predicted octanol–water partition coefficient (Wildman–Crippen LogP) is 3.87. The molecule has 0 aromatic carbocycles. The molecule has 3 amide bonds. The standard InChI is InChI=1S/C27H36N8O4/c1-17-14-33-15-20(30-23(38-7)22(33)29-17)31-24(36)34-11-9-18-19(8-10-28-21(18)34)32-12-13-35(27(5,6)16-32)25(37)39-26(2,3)4/h8,10,14-15H,9,11-13,16H2,1-7H3,(H,31,36). The van der Waals surface area contributed by atoms with Crippen LogP contribution in [0, 0.1) is 6.92 Å². The highest BCUT2D eigenvalue weighted by Crippen LogP contribution is 2.36. The summed E-state index contributed by atoms with van der Waals surface area (Å²) in [6, 6.07) is 1.67. The van der Waals surface area contributed by atoms with Crippen LogP contribution in [0.25, 0.3) is 5.65 Å². The summed E-state index contributed by atoms with van der Waals surface area (Å²) in [4.78, 5) is 45.3. The molecule has 0 bridgehead atoms. The van der Waals surface area contributed by atoms with Crippen molar-refractivity contribution in [2.75, 3.05) is 48.4 Å². The normalized spacial score (nSPS) is 16.8. The fraction of sp³-hybridized carbons (Fsp3) is 0.519. The van der Waals surface area contributed by atoms with E-state index in [1.807, 2.05) is 53.8 Å². The number of nitrogens with one attached hydrogen (secondary N) is 1. The van der Waals surface area contributed by atoms with E-state index < -0.39 is 11.1 Å². The van der Waals surface area contributed by atoms with Crippen molar-refractivity contribution in [1.82, 2.24) is 24.3 Å². The van der Waals surface area contributed by atoms with Crippen LogP contribution in [-0.2, 0) is 11.2 Å². The van der Waals surface area contributed by atoms with Gasteiger partial charge < -0.3 is 14.4 Å². The van der Waals surface area contributed by atoms with Gasteiger partial charge in [-0.1, -0.05) is 0 Å². The van der Waals surface area contributed by atoms with Crippen molar-refractivity contribution in [2.45, 2.75) is 59.1 Å². The number of imidazole rings is 1. The molecule has 5 heterocycles. The van der Waals surface area contributed by atoms with E-state index in [1.165, 1.54) is 7.11 Å². The Bertz CT molecular complexity index is 1430. The van der Waals surface area contributed by atoms with E-state index in [0.29, 0.717) is 55.8 Å². The Kier molecular flexibility index (Phi) is 6.51. The highest BCUT2D eigenvalue weighted by Gasteiger charge is 2.40. The molecule has 0 saturated carbocycles. The van der Waals surface area contributed by atoms with E-state index in [1.54, 1.807) is 26.6 Å². The average Bonchev–Trinajstić information content (AvgIpc) is 3.44. The highest BCUT2D eigenvalue weighted by atomic mass is 16.6. The van der Waals surface area contributed by atoms with Gasteiger partial charge in [0.1, 0.15) is 11.4 Å². The van der Waals surface area contributed by atoms with Gasteiger partial charge in [0.15, 0.2) is 5.82 Å². The molecule has 12 nitrogen and oxygen atoms in total. The first-order valence-electron chi connectivity index (χ1n) is 13.1. The molecule has 5 rings (SSSR count). The number of piperazine rings is 1. The zero-order valence-corrected chi connectivity index (χ0v) is 23.6. The van der Waals surface area contributed by atoms with Crippen molar-refractivity contribution in [2.24, 2.45) is 0 Å². The minimum absolute atomic E-state index is 0.302. The third-order valence-corrected chi connectivity index (χ3v) is 6.91. The average molecular weight is 537 g/mol. The number of carbonyl (C=O) groups excluding carboxylic acids is 2. The molecule has 2 aliphatic heterocycles. The van der Waals surface area contributed by atoms with Gasteiger partial charge in [-0.15, -0.1) is 0 Å². The van der Waals surface area contributed by atoms with Crippen LogP contribution in [0.1, 0.15) is 45.9 Å². The Balaban J connectivity index is 1.34. The van der Waals surface area contributed by atoms with Gasteiger partial charge in [0, 0.05) is 49.8 Å². The smallest absolute Gasteiger partial charge is 0.410 e. The number of ether oxygens (including phenoxy) is 2. The molecule has 12 heteroatoms. The number of fused-ring (bicyclic) bond motifs is 2. The van der Waals surface area contributed by atoms with E-state index in [-0.39, 0.29) is 12.1 Å². The first-order valence-corrected chi connectivity index (χ1v) is 13.1. The quantitative estimate of drug-likeness (QED) is 0.536. The van der Waals surface area contributed by atoms with Gasteiger partial charge in [-0.2, -0.15) is 4.98 Å². The molecular formula is C27H36N8O4. The predicted molar refractivity (Wildman–Crippen MR) is 148 cm³/mol. The van der Waals surface area contributed by atoms with Crippen molar-refractivity contribution < 1.29 is 19.1 Å². The summed E-state index contributed by atoms with van der Waals surface area (Å²) in [6.45, 7) is 13.9. The fourth-order valence-corrected chi connectivity index (χ4v) is 5.25. The van der Waals surface area contributed by atoms with Gasteiger partial charge in [0.2, 0.25) is 5.65 Å². The summed E-state index contributed by atoms with van der Waals surface area (Å²) in [5.74, 6) is 1.31. The number of aryl methyl sites for hydroxylation is 1. The molecule has 0 spiro atoms. The number of anilines is 3. The van der Waals surface area contributed by atoms with Crippen LogP contribution in [0.2, 0.25) is 0 Å². The van der Waals surface area contributed by atoms with Crippen molar-refractivity contribution in [1.29, 1.82) is 0 Å². The molecule has 1 saturated heterocycles. The van der Waals surface area contributed by atoms with Crippen LogP contribution in [0.4, 0.5) is 26.9 Å². The minimum Gasteiger partial charge on any atom is -0.478 e. The van der Waals surface area contributed by atoms with Gasteiger partial charge in [-0.05, 0) is 54.0 Å². The number of aromatic nitrogens is 4. The van der Waals surface area contributed by atoms with E-state index in [0.717, 1.165) is 16.9 Å². The summed E-state index contributed by atoms with van der Waals surface area (Å²) >= 11 is 0. The van der Waals surface area contributed by atoms with Crippen molar-refractivity contribution >= 4 is 35.1 Å². The fourth-order valence-electron chi connectivity index (χ4n) is 5.25. The van der Waals surface area contributed by atoms with E-state index in [4.69, 9.17) is 9.47 Å². The van der Waals surface area contributed by atoms with Crippen molar-refractivity contribution in [3.05, 3.63) is 35.9 Å². The SMILES string of the molecule is COc1nc(NC(=O)N2CCc3c(N4CCN(C(=O)OC(C)(C)C)C(C)(C)C4)ccnc32)cn2cc(C)nc12. The number of pyridine rings is 1. The molecule has 0 unspecified atom stereocenters. The van der Waals surface area contributed by atoms with Gasteiger partial charge in [-0.25, -0.2) is 19.6 Å². The molecule has 208 valence electrons. The van der Waals surface area contributed by atoms with Crippen LogP contribution in [-0.4, -0.2) is 80.8 Å². The topological polar surface area (TPSA) is 117 Å². The molecule has 1 N–H and O–H groups in total. The molecule has 0 atom stereocenters. The molecule has 3 aromatic heterocycles. The van der Waals surface area contributed by atoms with Gasteiger partial charge in [0.05, 0.1) is 24.5 Å². The van der Waals surface area contributed by atoms with E-state index >= 15 is 0 Å². The van der Waals surface area contributed by atoms with Crippen LogP contribution < -0.4 is 19.9 Å². The summed E-state index contributed by atoms with van der Waals surface area (Å²) in [7, 11) is 1.52. The van der Waals surface area contributed by atoms with Crippen LogP contribution >= 0.6 is 0 Å². The maximum atomic E-state index is 13.3. The zero-order chi connectivity index (χ0) is 28.1. The lowest BCUT2D eigenvalue weighted by atomic mass is 9.98. The number of urea groups is 1. The van der Waals surface area contributed by atoms with Crippen molar-refractivity contribution in [3.8, 4) is 5.88 Å². The monoisotopic (exact) mass is 536 g/mol. The molecule has 39 heavy (non-hydrogen) atoms. The number of carbonyl (C=O) groups is 2. The van der Waals surface area contributed by atoms with E-state index in [2.05, 4.69) is 25.2 Å². The first kappa shape index (κ1) is 26.5. The zero-order valence-electron chi connectivity index (χ0n) is 23.6. The lowest BCUT2D eigenvalue weighted by Gasteiger charge is -2.48. The minimum atomic E-state index is -0.551. The van der Waals surface area contributed by atoms with Gasteiger partial charge in [-0.3, -0.25) is 19.5 Å². The van der Waals surface area contributed by atoms with Crippen molar-refractivity contribution in [3.63, 3.8) is 0 Å². The number of hydrogen-bond donors (Lipinski definition) is 1. The number of methoxy groups -OCH3 is 1. The second-order valence-corrected chi connectivity index (χ2v) is 11.6. The molecule has 3 aromatic rings. The lowest BCUT2D eigenvalue weighted by molar-refractivity contribution is 0.000363. The summed E-state index contributed by atoms with van der Waals surface area (Å²) in [6.07, 6.45) is 5.66. The maximum absolute atomic E-state index is 13.3. The number of hydrogen-bond acceptors (Lipinski definition) is 8. The summed E-state index contributed by atoms with van der Waals surface area (Å²) in [5, 5.41) is 2.89. The largest absolute Gasteiger partial charge is 0.478 e. The van der Waals surface area contributed by atoms with Crippen LogP contribution in [0.3, 0.4) is 0 Å². The second kappa shape index (κ2) is 9.58. The first-order chi connectivity index (χ1) is 18.4. The van der Waals surface area contributed by atoms with Gasteiger partial charge in [0.25, 0.3) is 5.88 Å². The maximum Gasteiger partial charge on any atom is 0.410 e. The van der Waals surface area contributed by atoms with Crippen LogP contribution in [0.15, 0.2) is 24.7 Å². The molecular weight excluding hydrogens is 500 g/mol. The second-order valence-electron chi connectivity index (χ2n) is 11.6. The highest BCUT2D eigenvalue weighted by molar-refractivity contribution is 6.02. The lowest BCUT2D eigenvalue weighted by Crippen LogP contribution is -2.62. The summed E-state index contributed by atoms with van der Waals surface area (Å²) in [5.41, 5.74) is 2.45. The summed E-state index contributed by atoms with van der Waals surface area (Å²) < 4.78 is 12.8. The van der Waals surface area contributed by atoms with Crippen LogP contribution in [0.5, 0.6) is 5.88 Å². The molecule has 2 aliphatic rings. The Morgan fingerprint density at radius 3 is 2.56 bits per heavy atom. The molecule has 0 aliphatic carbocycles. The number of nitrogens with zero attached hydrogens (tertiary/aromatic N) is 7. The van der Waals surface area contributed by atoms with Gasteiger partial charge >= 0.3 is 12.1 Å². The number of amides is 3. The van der Waals surface area contributed by atoms with E-state index in [9.17, 15) is 9.59 Å². The number of rotatable bonds is 3. The third-order valence-electron chi connectivity index (χ3n) is 6.91. The Morgan fingerprint density at radius 1 is 1.10 bits per heavy atom. The Labute approximate surface area is 227 Å². The Hall–Kier alpha value is -4.09.